The Balaban J connectivity index is 1.75. The molecule has 0 heterocycles. The topological polar surface area (TPSA) is 88.1 Å². The summed E-state index contributed by atoms with van der Waals surface area (Å²) in [7, 11) is -4.13. The second-order valence-corrected chi connectivity index (χ2v) is 9.49. The number of amides is 1. The van der Waals surface area contributed by atoms with Crippen LogP contribution in [0.2, 0.25) is 5.02 Å². The van der Waals surface area contributed by atoms with E-state index in [0.717, 1.165) is 4.31 Å². The lowest BCUT2D eigenvalue weighted by molar-refractivity contribution is -0.121. The molecule has 0 saturated heterocycles. The molecular weight excluding hydrogens is 481 g/mol. The zero-order chi connectivity index (χ0) is 24.6. The molecule has 0 spiro atoms. The molecule has 0 radical (unpaired) electrons. The van der Waals surface area contributed by atoms with E-state index < -0.39 is 28.3 Å². The Morgan fingerprint density at radius 2 is 1.76 bits per heavy atom. The molecule has 3 rings (SSSR count). The molecule has 178 valence electrons. The molecule has 34 heavy (non-hydrogen) atoms. The van der Waals surface area contributed by atoms with Gasteiger partial charge in [-0.2, -0.15) is 9.41 Å². The SMILES string of the molecule is CCOc1ccc(/C=N/NC(=O)CN(Cc2ccccc2F)S(=O)(=O)c2ccc(Cl)cc2)cc1. The van der Waals surface area contributed by atoms with E-state index in [2.05, 4.69) is 10.5 Å². The van der Waals surface area contributed by atoms with Crippen LogP contribution < -0.4 is 10.2 Å². The van der Waals surface area contributed by atoms with Gasteiger partial charge in [-0.15, -0.1) is 0 Å². The van der Waals surface area contributed by atoms with Crippen molar-refractivity contribution in [3.8, 4) is 5.75 Å². The molecular formula is C24H23ClFN3O4S. The zero-order valence-corrected chi connectivity index (χ0v) is 19.9. The van der Waals surface area contributed by atoms with Gasteiger partial charge in [-0.3, -0.25) is 4.79 Å². The fourth-order valence-electron chi connectivity index (χ4n) is 2.99. The lowest BCUT2D eigenvalue weighted by Crippen LogP contribution is -2.39. The molecule has 1 amide bonds. The van der Waals surface area contributed by atoms with Crippen LogP contribution in [0.3, 0.4) is 0 Å². The van der Waals surface area contributed by atoms with Crippen LogP contribution in [-0.4, -0.2) is 38.0 Å². The van der Waals surface area contributed by atoms with Crippen LogP contribution in [0.1, 0.15) is 18.1 Å². The first-order valence-corrected chi connectivity index (χ1v) is 12.2. The number of sulfonamides is 1. The Bertz CT molecular complexity index is 1250. The van der Waals surface area contributed by atoms with Gasteiger partial charge in [0.1, 0.15) is 11.6 Å². The van der Waals surface area contributed by atoms with Gasteiger partial charge in [-0.25, -0.2) is 18.2 Å². The molecule has 0 aliphatic rings. The Morgan fingerprint density at radius 1 is 1.09 bits per heavy atom. The van der Waals surface area contributed by atoms with E-state index in [9.17, 15) is 17.6 Å². The van der Waals surface area contributed by atoms with Gasteiger partial charge in [0, 0.05) is 17.1 Å². The van der Waals surface area contributed by atoms with Crippen molar-refractivity contribution in [1.29, 1.82) is 0 Å². The Morgan fingerprint density at radius 3 is 2.41 bits per heavy atom. The molecule has 0 aliphatic carbocycles. The van der Waals surface area contributed by atoms with E-state index in [1.165, 1.54) is 48.7 Å². The maximum absolute atomic E-state index is 14.2. The number of ether oxygens (including phenoxy) is 1. The predicted molar refractivity (Wildman–Crippen MR) is 129 cm³/mol. The Labute approximate surface area is 202 Å². The predicted octanol–water partition coefficient (Wildman–Crippen LogP) is 4.22. The second kappa shape index (κ2) is 11.7. The zero-order valence-electron chi connectivity index (χ0n) is 18.3. The molecule has 1 N–H and O–H groups in total. The third-order valence-corrected chi connectivity index (χ3v) is 6.73. The van der Waals surface area contributed by atoms with E-state index in [1.807, 2.05) is 6.92 Å². The smallest absolute Gasteiger partial charge is 0.255 e. The molecule has 0 atom stereocenters. The van der Waals surface area contributed by atoms with Gasteiger partial charge in [0.2, 0.25) is 10.0 Å². The van der Waals surface area contributed by atoms with E-state index in [1.54, 1.807) is 30.3 Å². The molecule has 3 aromatic rings. The van der Waals surface area contributed by atoms with Crippen LogP contribution in [0.25, 0.3) is 0 Å². The van der Waals surface area contributed by atoms with Crippen LogP contribution in [0.15, 0.2) is 82.8 Å². The van der Waals surface area contributed by atoms with Crippen molar-refractivity contribution in [2.24, 2.45) is 5.10 Å². The highest BCUT2D eigenvalue weighted by Crippen LogP contribution is 2.21. The summed E-state index contributed by atoms with van der Waals surface area (Å²) in [5.74, 6) is -0.552. The van der Waals surface area contributed by atoms with Gasteiger partial charge in [0.15, 0.2) is 0 Å². The fourth-order valence-corrected chi connectivity index (χ4v) is 4.49. The Hall–Kier alpha value is -3.27. The van der Waals surface area contributed by atoms with Crippen molar-refractivity contribution in [3.63, 3.8) is 0 Å². The molecule has 10 heteroatoms. The highest BCUT2D eigenvalue weighted by Gasteiger charge is 2.27. The number of hydrazone groups is 1. The highest BCUT2D eigenvalue weighted by atomic mass is 35.5. The van der Waals surface area contributed by atoms with E-state index in [0.29, 0.717) is 22.9 Å². The third kappa shape index (κ3) is 6.86. The molecule has 7 nitrogen and oxygen atoms in total. The standard InChI is InChI=1S/C24H23ClFN3O4S/c1-2-33-21-11-7-18(8-12-21)15-27-28-24(30)17-29(16-19-5-3-4-6-23(19)26)34(31,32)22-13-9-20(25)10-14-22/h3-15H,2,16-17H2,1H3,(H,28,30)/b27-15+. The summed E-state index contributed by atoms with van der Waals surface area (Å²) in [6, 6.07) is 18.3. The van der Waals surface area contributed by atoms with Crippen molar-refractivity contribution in [1.82, 2.24) is 9.73 Å². The van der Waals surface area contributed by atoms with Gasteiger partial charge in [-0.05, 0) is 67.1 Å². The van der Waals surface area contributed by atoms with Gasteiger partial charge in [0.05, 0.1) is 24.3 Å². The average molecular weight is 504 g/mol. The lowest BCUT2D eigenvalue weighted by atomic mass is 10.2. The monoisotopic (exact) mass is 503 g/mol. The molecule has 0 fully saturated rings. The minimum Gasteiger partial charge on any atom is -0.494 e. The van der Waals surface area contributed by atoms with Crippen molar-refractivity contribution >= 4 is 33.7 Å². The van der Waals surface area contributed by atoms with Crippen molar-refractivity contribution in [2.45, 2.75) is 18.4 Å². The molecule has 0 aliphatic heterocycles. The molecule has 0 saturated carbocycles. The number of carbonyl (C=O) groups is 1. The second-order valence-electron chi connectivity index (χ2n) is 7.11. The van der Waals surface area contributed by atoms with Crippen LogP contribution >= 0.6 is 11.6 Å². The summed E-state index contributed by atoms with van der Waals surface area (Å²) in [5, 5.41) is 4.24. The maximum Gasteiger partial charge on any atom is 0.255 e. The number of nitrogens with zero attached hydrogens (tertiary/aromatic N) is 2. The van der Waals surface area contributed by atoms with Crippen molar-refractivity contribution in [3.05, 3.63) is 94.8 Å². The van der Waals surface area contributed by atoms with Gasteiger partial charge >= 0.3 is 0 Å². The van der Waals surface area contributed by atoms with E-state index >= 15 is 0 Å². The summed E-state index contributed by atoms with van der Waals surface area (Å²) >= 11 is 5.86. The molecule has 0 aromatic heterocycles. The van der Waals surface area contributed by atoms with Gasteiger partial charge in [0.25, 0.3) is 5.91 Å². The van der Waals surface area contributed by atoms with Crippen molar-refractivity contribution < 1.29 is 22.3 Å². The lowest BCUT2D eigenvalue weighted by Gasteiger charge is -2.21. The third-order valence-electron chi connectivity index (χ3n) is 4.67. The van der Waals surface area contributed by atoms with E-state index in [-0.39, 0.29) is 17.0 Å². The normalized spacial score (nSPS) is 11.6. The first kappa shape index (κ1) is 25.4. The number of carbonyl (C=O) groups excluding carboxylic acids is 1. The van der Waals surface area contributed by atoms with Gasteiger partial charge < -0.3 is 4.74 Å². The summed E-state index contributed by atoms with van der Waals surface area (Å²) in [6.07, 6.45) is 1.42. The number of nitrogens with one attached hydrogen (secondary N) is 1. The first-order chi connectivity index (χ1) is 16.3. The number of rotatable bonds is 10. The summed E-state index contributed by atoms with van der Waals surface area (Å²) < 4.78 is 46.9. The average Bonchev–Trinajstić information content (AvgIpc) is 2.81. The van der Waals surface area contributed by atoms with Gasteiger partial charge in [-0.1, -0.05) is 29.8 Å². The van der Waals surface area contributed by atoms with Crippen LogP contribution in [-0.2, 0) is 21.4 Å². The minimum atomic E-state index is -4.13. The molecule has 0 unspecified atom stereocenters. The number of hydrogen-bond donors (Lipinski definition) is 1. The first-order valence-electron chi connectivity index (χ1n) is 10.3. The number of benzene rings is 3. The van der Waals surface area contributed by atoms with Crippen molar-refractivity contribution in [2.75, 3.05) is 13.2 Å². The number of halogens is 2. The minimum absolute atomic E-state index is 0.0704. The van der Waals surface area contributed by atoms with Crippen LogP contribution in [0.5, 0.6) is 5.75 Å². The highest BCUT2D eigenvalue weighted by molar-refractivity contribution is 7.89. The molecule has 0 bridgehead atoms. The summed E-state index contributed by atoms with van der Waals surface area (Å²) in [4.78, 5) is 12.5. The summed E-state index contributed by atoms with van der Waals surface area (Å²) in [5.41, 5.74) is 3.15. The fraction of sp³-hybridized carbons (Fsp3) is 0.167. The van der Waals surface area contributed by atoms with E-state index in [4.69, 9.17) is 16.3 Å². The summed E-state index contributed by atoms with van der Waals surface area (Å²) in [6.45, 7) is 1.52. The van der Waals surface area contributed by atoms with Crippen LogP contribution in [0, 0.1) is 5.82 Å². The largest absolute Gasteiger partial charge is 0.494 e. The Kier molecular flexibility index (Phi) is 8.75. The quantitative estimate of drug-likeness (QED) is 0.331. The maximum atomic E-state index is 14.2. The molecule has 3 aromatic carbocycles. The number of hydrogen-bond acceptors (Lipinski definition) is 5. The van der Waals surface area contributed by atoms with Crippen LogP contribution in [0.4, 0.5) is 4.39 Å².